The zero-order chi connectivity index (χ0) is 26.9. The Bertz CT molecular complexity index is 1950. The average Bonchev–Trinajstić information content (AvgIpc) is 3.36. The van der Waals surface area contributed by atoms with Gasteiger partial charge in [-0.25, -0.2) is 4.98 Å². The number of fused-ring (bicyclic) bond motifs is 2. The minimum Gasteiger partial charge on any atom is -0.488 e. The molecule has 0 unspecified atom stereocenters. The van der Waals surface area contributed by atoms with Gasteiger partial charge in [0.15, 0.2) is 5.76 Å². The first kappa shape index (κ1) is 25.4. The van der Waals surface area contributed by atoms with Gasteiger partial charge in [-0.2, -0.15) is 9.78 Å². The van der Waals surface area contributed by atoms with E-state index in [2.05, 4.69) is 21.0 Å². The Labute approximate surface area is 241 Å². The number of aromatic nitrogens is 2. The predicted octanol–water partition coefficient (Wildman–Crippen LogP) is 8.34. The summed E-state index contributed by atoms with van der Waals surface area (Å²) >= 11 is 16.1. The van der Waals surface area contributed by atoms with E-state index in [1.807, 2.05) is 54.6 Å². The normalized spacial score (nSPS) is 11.6. The molecule has 0 amide bonds. The molecular formula is C30H18BrCl2N3O3. The maximum absolute atomic E-state index is 13.6. The highest BCUT2D eigenvalue weighted by Crippen LogP contribution is 2.30. The van der Waals surface area contributed by atoms with E-state index < -0.39 is 0 Å². The van der Waals surface area contributed by atoms with Crippen molar-refractivity contribution in [2.24, 2.45) is 5.10 Å². The second kappa shape index (κ2) is 10.7. The molecule has 0 aliphatic rings. The third kappa shape index (κ3) is 5.21. The van der Waals surface area contributed by atoms with Crippen LogP contribution in [-0.2, 0) is 6.61 Å². The topological polar surface area (TPSA) is 69.6 Å². The van der Waals surface area contributed by atoms with Crippen molar-refractivity contribution in [2.45, 2.75) is 6.61 Å². The summed E-state index contributed by atoms with van der Waals surface area (Å²) < 4.78 is 14.3. The minimum absolute atomic E-state index is 0.249. The lowest BCUT2D eigenvalue weighted by Gasteiger charge is -2.11. The smallest absolute Gasteiger partial charge is 0.282 e. The molecule has 2 heterocycles. The number of hydrogen-bond donors (Lipinski definition) is 0. The Hall–Kier alpha value is -3.91. The molecule has 6 nitrogen and oxygen atoms in total. The molecule has 0 N–H and O–H groups in total. The van der Waals surface area contributed by atoms with Gasteiger partial charge >= 0.3 is 0 Å². The minimum atomic E-state index is -0.339. The average molecular weight is 619 g/mol. The molecular weight excluding hydrogens is 601 g/mol. The Morgan fingerprint density at radius 2 is 1.79 bits per heavy atom. The van der Waals surface area contributed by atoms with Crippen LogP contribution in [0.5, 0.6) is 5.75 Å². The summed E-state index contributed by atoms with van der Waals surface area (Å²) in [5.41, 5.74) is 2.28. The fraction of sp³-hybridized carbons (Fsp3) is 0.0333. The van der Waals surface area contributed by atoms with Crippen LogP contribution in [0.25, 0.3) is 33.5 Å². The quantitative estimate of drug-likeness (QED) is 0.176. The van der Waals surface area contributed by atoms with Crippen molar-refractivity contribution < 1.29 is 9.15 Å². The van der Waals surface area contributed by atoms with Crippen molar-refractivity contribution in [2.75, 3.05) is 0 Å². The number of rotatable bonds is 6. The van der Waals surface area contributed by atoms with Gasteiger partial charge in [-0.3, -0.25) is 4.79 Å². The first-order valence-electron chi connectivity index (χ1n) is 11.9. The van der Waals surface area contributed by atoms with E-state index in [9.17, 15) is 4.79 Å². The van der Waals surface area contributed by atoms with Gasteiger partial charge in [0.2, 0.25) is 5.82 Å². The van der Waals surface area contributed by atoms with Gasteiger partial charge in [0.1, 0.15) is 17.9 Å². The van der Waals surface area contributed by atoms with E-state index in [-0.39, 0.29) is 18.0 Å². The molecule has 0 saturated carbocycles. The van der Waals surface area contributed by atoms with Crippen molar-refractivity contribution >= 4 is 67.2 Å². The van der Waals surface area contributed by atoms with Crippen LogP contribution in [-0.4, -0.2) is 15.9 Å². The van der Waals surface area contributed by atoms with E-state index in [4.69, 9.17) is 37.3 Å². The first-order valence-corrected chi connectivity index (χ1v) is 13.4. The van der Waals surface area contributed by atoms with Crippen LogP contribution in [0.1, 0.15) is 11.1 Å². The third-order valence-corrected chi connectivity index (χ3v) is 7.17. The van der Waals surface area contributed by atoms with Crippen LogP contribution in [0, 0.1) is 0 Å². The highest BCUT2D eigenvalue weighted by atomic mass is 79.9. The number of nitrogens with zero attached hydrogens (tertiary/aromatic N) is 3. The zero-order valence-corrected chi connectivity index (χ0v) is 23.2. The van der Waals surface area contributed by atoms with Gasteiger partial charge in [0, 0.05) is 31.0 Å². The molecule has 2 aromatic heterocycles. The summed E-state index contributed by atoms with van der Waals surface area (Å²) in [5, 5.41) is 6.94. The van der Waals surface area contributed by atoms with Crippen molar-refractivity contribution in [3.05, 3.63) is 127 Å². The van der Waals surface area contributed by atoms with Crippen molar-refractivity contribution in [3.63, 3.8) is 0 Å². The summed E-state index contributed by atoms with van der Waals surface area (Å²) in [6, 6.07) is 27.3. The lowest BCUT2D eigenvalue weighted by Crippen LogP contribution is -2.20. The maximum Gasteiger partial charge on any atom is 0.282 e. The summed E-state index contributed by atoms with van der Waals surface area (Å²) in [7, 11) is 0. The number of para-hydroxylation sites is 1. The van der Waals surface area contributed by atoms with Gasteiger partial charge in [0.25, 0.3) is 5.56 Å². The van der Waals surface area contributed by atoms with Crippen LogP contribution < -0.4 is 10.3 Å². The molecule has 4 aromatic carbocycles. The lowest BCUT2D eigenvalue weighted by atomic mass is 10.2. The van der Waals surface area contributed by atoms with E-state index in [0.717, 1.165) is 15.4 Å². The van der Waals surface area contributed by atoms with Crippen molar-refractivity contribution in [1.82, 2.24) is 9.66 Å². The molecule has 6 aromatic rings. The van der Waals surface area contributed by atoms with Crippen LogP contribution in [0.4, 0.5) is 0 Å². The van der Waals surface area contributed by atoms with Crippen molar-refractivity contribution in [3.8, 4) is 17.3 Å². The molecule has 0 aliphatic heterocycles. The Morgan fingerprint density at radius 1 is 0.974 bits per heavy atom. The van der Waals surface area contributed by atoms with Crippen LogP contribution in [0.2, 0.25) is 10.0 Å². The van der Waals surface area contributed by atoms with E-state index >= 15 is 0 Å². The number of ether oxygens (including phenoxy) is 1. The fourth-order valence-electron chi connectivity index (χ4n) is 4.16. The summed E-state index contributed by atoms with van der Waals surface area (Å²) in [6.45, 7) is 0.249. The largest absolute Gasteiger partial charge is 0.488 e. The molecule has 6 rings (SSSR count). The van der Waals surface area contributed by atoms with Gasteiger partial charge in [-0.15, -0.1) is 0 Å². The number of halogens is 3. The zero-order valence-electron chi connectivity index (χ0n) is 20.1. The second-order valence-corrected chi connectivity index (χ2v) is 10.4. The molecule has 0 spiro atoms. The summed E-state index contributed by atoms with van der Waals surface area (Å²) in [5.74, 6) is 1.20. The molecule has 192 valence electrons. The van der Waals surface area contributed by atoms with E-state index in [1.54, 1.807) is 36.4 Å². The molecule has 9 heteroatoms. The van der Waals surface area contributed by atoms with E-state index in [0.29, 0.717) is 43.6 Å². The Kier molecular flexibility index (Phi) is 6.95. The number of furan rings is 1. The fourth-order valence-corrected chi connectivity index (χ4v) is 4.91. The SMILES string of the molecule is O=c1c2ccccc2nc(-c2cc3cc(Br)ccc3o2)n1N=Cc1cc(Cl)ccc1OCc1ccccc1Cl. The lowest BCUT2D eigenvalue weighted by molar-refractivity contribution is 0.306. The van der Waals surface area contributed by atoms with Gasteiger partial charge in [0.05, 0.1) is 17.1 Å². The summed E-state index contributed by atoms with van der Waals surface area (Å²) in [6.07, 6.45) is 1.52. The van der Waals surface area contributed by atoms with Crippen LogP contribution in [0.15, 0.2) is 110 Å². The van der Waals surface area contributed by atoms with Gasteiger partial charge < -0.3 is 9.15 Å². The van der Waals surface area contributed by atoms with Crippen LogP contribution in [0.3, 0.4) is 0 Å². The molecule has 0 fully saturated rings. The van der Waals surface area contributed by atoms with Gasteiger partial charge in [-0.05, 0) is 60.7 Å². The monoisotopic (exact) mass is 617 g/mol. The molecule has 0 radical (unpaired) electrons. The predicted molar refractivity (Wildman–Crippen MR) is 159 cm³/mol. The highest BCUT2D eigenvalue weighted by Gasteiger charge is 2.17. The molecule has 0 atom stereocenters. The third-order valence-electron chi connectivity index (χ3n) is 6.08. The standard InChI is InChI=1S/C30H18BrCl2N3O3/c31-21-9-11-27-19(13-21)15-28(39-27)29-35-25-8-4-2-6-23(25)30(37)36(29)34-16-20-14-22(32)10-12-26(20)38-17-18-5-1-3-7-24(18)33/h1-16H,17H2. The Morgan fingerprint density at radius 3 is 2.67 bits per heavy atom. The first-order chi connectivity index (χ1) is 19.0. The van der Waals surface area contributed by atoms with Crippen molar-refractivity contribution in [1.29, 1.82) is 0 Å². The molecule has 0 bridgehead atoms. The number of benzene rings is 4. The molecule has 39 heavy (non-hydrogen) atoms. The summed E-state index contributed by atoms with van der Waals surface area (Å²) in [4.78, 5) is 18.3. The molecule has 0 aliphatic carbocycles. The highest BCUT2D eigenvalue weighted by molar-refractivity contribution is 9.10. The number of hydrogen-bond acceptors (Lipinski definition) is 5. The van der Waals surface area contributed by atoms with Crippen LogP contribution >= 0.6 is 39.1 Å². The second-order valence-electron chi connectivity index (χ2n) is 8.67. The maximum atomic E-state index is 13.6. The van der Waals surface area contributed by atoms with Gasteiger partial charge in [-0.1, -0.05) is 69.5 Å². The molecule has 0 saturated heterocycles. The van der Waals surface area contributed by atoms with E-state index in [1.165, 1.54) is 10.9 Å². The Balaban J connectivity index is 1.45.